The predicted molar refractivity (Wildman–Crippen MR) is 59.6 cm³/mol. The first-order valence-corrected chi connectivity index (χ1v) is 5.82. The standard InChI is InChI=1S/C12H15F3N2O/c13-12(14,15)9-2-1-7-17-10(9)11(16)5-3-8(18)4-6-11/h1-2,7-8,18H,3-6,16H2. The third-order valence-electron chi connectivity index (χ3n) is 3.43. The van der Waals surface area contributed by atoms with Crippen molar-refractivity contribution in [3.63, 3.8) is 0 Å². The lowest BCUT2D eigenvalue weighted by Crippen LogP contribution is -2.43. The van der Waals surface area contributed by atoms with Gasteiger partial charge in [0.2, 0.25) is 0 Å². The number of nitrogens with two attached hydrogens (primary N) is 1. The molecule has 3 nitrogen and oxygen atoms in total. The average Bonchev–Trinajstić information content (AvgIpc) is 2.32. The van der Waals surface area contributed by atoms with Gasteiger partial charge in [-0.05, 0) is 37.8 Å². The van der Waals surface area contributed by atoms with Gasteiger partial charge >= 0.3 is 6.18 Å². The normalized spacial score (nSPS) is 29.3. The van der Waals surface area contributed by atoms with Crippen molar-refractivity contribution in [3.05, 3.63) is 29.6 Å². The zero-order valence-corrected chi connectivity index (χ0v) is 9.74. The van der Waals surface area contributed by atoms with E-state index in [9.17, 15) is 18.3 Å². The Morgan fingerprint density at radius 2 is 1.94 bits per heavy atom. The lowest BCUT2D eigenvalue weighted by atomic mass is 9.77. The molecule has 1 aliphatic rings. The summed E-state index contributed by atoms with van der Waals surface area (Å²) in [7, 11) is 0. The molecule has 0 atom stereocenters. The Bertz CT molecular complexity index is 426. The highest BCUT2D eigenvalue weighted by molar-refractivity contribution is 5.29. The quantitative estimate of drug-likeness (QED) is 0.813. The summed E-state index contributed by atoms with van der Waals surface area (Å²) in [6.07, 6.45) is -2.16. The molecule has 6 heteroatoms. The van der Waals surface area contributed by atoms with Crippen LogP contribution in [0.1, 0.15) is 36.9 Å². The fourth-order valence-corrected chi connectivity index (χ4v) is 2.39. The highest BCUT2D eigenvalue weighted by Gasteiger charge is 2.42. The van der Waals surface area contributed by atoms with Crippen LogP contribution in [0.4, 0.5) is 13.2 Å². The van der Waals surface area contributed by atoms with Gasteiger partial charge in [-0.2, -0.15) is 13.2 Å². The van der Waals surface area contributed by atoms with E-state index in [1.54, 1.807) is 0 Å². The number of nitrogens with zero attached hydrogens (tertiary/aromatic N) is 1. The molecule has 0 bridgehead atoms. The van der Waals surface area contributed by atoms with E-state index in [1.807, 2.05) is 0 Å². The van der Waals surface area contributed by atoms with Gasteiger partial charge in [-0.1, -0.05) is 0 Å². The van der Waals surface area contributed by atoms with E-state index in [0.717, 1.165) is 6.07 Å². The molecule has 18 heavy (non-hydrogen) atoms. The molecule has 0 aromatic carbocycles. The van der Waals surface area contributed by atoms with E-state index < -0.39 is 23.4 Å². The lowest BCUT2D eigenvalue weighted by Gasteiger charge is -2.36. The summed E-state index contributed by atoms with van der Waals surface area (Å²) in [6.45, 7) is 0. The van der Waals surface area contributed by atoms with Crippen LogP contribution in [0.15, 0.2) is 18.3 Å². The number of alkyl halides is 3. The number of aliphatic hydroxyl groups excluding tert-OH is 1. The lowest BCUT2D eigenvalue weighted by molar-refractivity contribution is -0.139. The number of rotatable bonds is 1. The van der Waals surface area contributed by atoms with E-state index >= 15 is 0 Å². The van der Waals surface area contributed by atoms with Crippen LogP contribution in [0.3, 0.4) is 0 Å². The van der Waals surface area contributed by atoms with Gasteiger partial charge in [0.25, 0.3) is 0 Å². The van der Waals surface area contributed by atoms with Crippen molar-refractivity contribution in [3.8, 4) is 0 Å². The van der Waals surface area contributed by atoms with Gasteiger partial charge in [-0.15, -0.1) is 0 Å². The first-order chi connectivity index (χ1) is 8.33. The second-order valence-corrected chi connectivity index (χ2v) is 4.78. The zero-order chi connectivity index (χ0) is 13.4. The van der Waals surface area contributed by atoms with Crippen molar-refractivity contribution in [2.75, 3.05) is 0 Å². The van der Waals surface area contributed by atoms with Crippen molar-refractivity contribution < 1.29 is 18.3 Å². The fraction of sp³-hybridized carbons (Fsp3) is 0.583. The van der Waals surface area contributed by atoms with Crippen LogP contribution in [-0.4, -0.2) is 16.2 Å². The minimum absolute atomic E-state index is 0.107. The Kier molecular flexibility index (Phi) is 3.33. The molecule has 0 saturated heterocycles. The molecular weight excluding hydrogens is 245 g/mol. The van der Waals surface area contributed by atoms with Crippen molar-refractivity contribution in [2.45, 2.75) is 43.5 Å². The maximum atomic E-state index is 12.9. The summed E-state index contributed by atoms with van der Waals surface area (Å²) in [6, 6.07) is 2.26. The maximum Gasteiger partial charge on any atom is 0.418 e. The van der Waals surface area contributed by atoms with Gasteiger partial charge in [0.15, 0.2) is 0 Å². The van der Waals surface area contributed by atoms with Gasteiger partial charge in [0.05, 0.1) is 22.9 Å². The molecule has 3 N–H and O–H groups in total. The molecule has 1 aromatic heterocycles. The molecule has 2 rings (SSSR count). The summed E-state index contributed by atoms with van der Waals surface area (Å²) in [5.74, 6) is 0. The molecule has 1 aromatic rings. The summed E-state index contributed by atoms with van der Waals surface area (Å²) in [4.78, 5) is 3.84. The Morgan fingerprint density at radius 1 is 1.33 bits per heavy atom. The van der Waals surface area contributed by atoms with Crippen molar-refractivity contribution in [1.82, 2.24) is 4.98 Å². The van der Waals surface area contributed by atoms with Gasteiger partial charge < -0.3 is 10.8 Å². The van der Waals surface area contributed by atoms with Crippen molar-refractivity contribution in [1.29, 1.82) is 0 Å². The van der Waals surface area contributed by atoms with E-state index in [2.05, 4.69) is 4.98 Å². The van der Waals surface area contributed by atoms with E-state index in [1.165, 1.54) is 12.3 Å². The first kappa shape index (κ1) is 13.3. The second kappa shape index (κ2) is 4.51. The van der Waals surface area contributed by atoms with Crippen LogP contribution in [0.2, 0.25) is 0 Å². The minimum atomic E-state index is -4.45. The summed E-state index contributed by atoms with van der Waals surface area (Å²) in [5.41, 5.74) is 4.09. The number of pyridine rings is 1. The Hall–Kier alpha value is -1.14. The van der Waals surface area contributed by atoms with E-state index in [4.69, 9.17) is 5.73 Å². The monoisotopic (exact) mass is 260 g/mol. The number of aromatic nitrogens is 1. The molecule has 0 aliphatic heterocycles. The van der Waals surface area contributed by atoms with Crippen molar-refractivity contribution in [2.24, 2.45) is 5.73 Å². The van der Waals surface area contributed by atoms with Crippen LogP contribution in [0.5, 0.6) is 0 Å². The maximum absolute atomic E-state index is 12.9. The third-order valence-corrected chi connectivity index (χ3v) is 3.43. The highest BCUT2D eigenvalue weighted by Crippen LogP contribution is 2.40. The average molecular weight is 260 g/mol. The smallest absolute Gasteiger partial charge is 0.393 e. The number of hydrogen-bond acceptors (Lipinski definition) is 3. The van der Waals surface area contributed by atoms with Crippen LogP contribution in [0.25, 0.3) is 0 Å². The molecule has 0 unspecified atom stereocenters. The highest BCUT2D eigenvalue weighted by atomic mass is 19.4. The molecule has 0 amide bonds. The fourth-order valence-electron chi connectivity index (χ4n) is 2.39. The number of aliphatic hydroxyl groups is 1. The molecule has 100 valence electrons. The molecule has 0 spiro atoms. The van der Waals surface area contributed by atoms with E-state index in [-0.39, 0.29) is 5.69 Å². The summed E-state index contributed by atoms with van der Waals surface area (Å²) in [5, 5.41) is 9.42. The first-order valence-electron chi connectivity index (χ1n) is 5.82. The second-order valence-electron chi connectivity index (χ2n) is 4.78. The molecule has 1 heterocycles. The SMILES string of the molecule is NC1(c2ncccc2C(F)(F)F)CCC(O)CC1. The van der Waals surface area contributed by atoms with Crippen LogP contribution in [0, 0.1) is 0 Å². The summed E-state index contributed by atoms with van der Waals surface area (Å²) >= 11 is 0. The zero-order valence-electron chi connectivity index (χ0n) is 9.74. The Balaban J connectivity index is 2.39. The van der Waals surface area contributed by atoms with Crippen LogP contribution in [-0.2, 0) is 11.7 Å². The van der Waals surface area contributed by atoms with Crippen molar-refractivity contribution >= 4 is 0 Å². The number of halogens is 3. The predicted octanol–water partition coefficient (Wildman–Crippen LogP) is 2.19. The summed E-state index contributed by atoms with van der Waals surface area (Å²) < 4.78 is 38.7. The molecule has 0 radical (unpaired) electrons. The number of hydrogen-bond donors (Lipinski definition) is 2. The molecular formula is C12H15F3N2O. The van der Waals surface area contributed by atoms with E-state index in [0.29, 0.717) is 25.7 Å². The molecule has 1 saturated carbocycles. The Morgan fingerprint density at radius 3 is 2.50 bits per heavy atom. The van der Waals surface area contributed by atoms with Gasteiger partial charge in [-0.3, -0.25) is 4.98 Å². The Labute approximate surface area is 103 Å². The largest absolute Gasteiger partial charge is 0.418 e. The van der Waals surface area contributed by atoms with Gasteiger partial charge in [0, 0.05) is 6.20 Å². The molecule has 1 aliphatic carbocycles. The van der Waals surface area contributed by atoms with Crippen LogP contribution >= 0.6 is 0 Å². The van der Waals surface area contributed by atoms with Gasteiger partial charge in [0.1, 0.15) is 0 Å². The van der Waals surface area contributed by atoms with Gasteiger partial charge in [-0.25, -0.2) is 0 Å². The molecule has 1 fully saturated rings. The van der Waals surface area contributed by atoms with Crippen LogP contribution < -0.4 is 5.73 Å². The third kappa shape index (κ3) is 2.49. The topological polar surface area (TPSA) is 59.1 Å². The minimum Gasteiger partial charge on any atom is -0.393 e.